The Morgan fingerprint density at radius 1 is 1.37 bits per heavy atom. The molecule has 5 heteroatoms. The van der Waals surface area contributed by atoms with Gasteiger partial charge < -0.3 is 15.0 Å². The van der Waals surface area contributed by atoms with Gasteiger partial charge in [0.15, 0.2) is 5.82 Å². The predicted molar refractivity (Wildman–Crippen MR) is 70.5 cm³/mol. The van der Waals surface area contributed by atoms with Gasteiger partial charge in [0.1, 0.15) is 0 Å². The minimum absolute atomic E-state index is 0.243. The van der Waals surface area contributed by atoms with Crippen molar-refractivity contribution in [3.8, 4) is 0 Å². The van der Waals surface area contributed by atoms with Crippen LogP contribution in [0.25, 0.3) is 0 Å². The maximum Gasteiger partial charge on any atom is 0.229 e. The van der Waals surface area contributed by atoms with E-state index in [-0.39, 0.29) is 6.10 Å². The Kier molecular flexibility index (Phi) is 3.58. The minimum atomic E-state index is -0.393. The second kappa shape index (κ2) is 5.21. The summed E-state index contributed by atoms with van der Waals surface area (Å²) in [6, 6.07) is 0. The molecule has 2 aliphatic rings. The summed E-state index contributed by atoms with van der Waals surface area (Å²) in [4.78, 5) is 4.52. The zero-order valence-electron chi connectivity index (χ0n) is 11.6. The second-order valence-electron chi connectivity index (χ2n) is 6.21. The fourth-order valence-corrected chi connectivity index (χ4v) is 3.34. The van der Waals surface area contributed by atoms with Crippen LogP contribution in [0.3, 0.4) is 0 Å². The lowest BCUT2D eigenvalue weighted by Crippen LogP contribution is -2.42. The predicted octanol–water partition coefficient (Wildman–Crippen LogP) is 2.16. The fraction of sp³-hybridized carbons (Fsp3) is 0.857. The van der Waals surface area contributed by atoms with Crippen LogP contribution >= 0.6 is 0 Å². The van der Waals surface area contributed by atoms with Gasteiger partial charge in [-0.15, -0.1) is 0 Å². The maximum atomic E-state index is 6.48. The van der Waals surface area contributed by atoms with Gasteiger partial charge in [0.05, 0.1) is 18.1 Å². The number of aromatic nitrogens is 2. The third-order valence-electron chi connectivity index (χ3n) is 4.37. The third-order valence-corrected chi connectivity index (χ3v) is 4.37. The zero-order chi connectivity index (χ0) is 13.3. The molecule has 1 aromatic heterocycles. The normalized spacial score (nSPS) is 35.7. The van der Waals surface area contributed by atoms with E-state index in [1.165, 1.54) is 6.42 Å². The van der Waals surface area contributed by atoms with E-state index in [0.29, 0.717) is 17.6 Å². The molecule has 5 nitrogen and oxygen atoms in total. The number of nitrogens with two attached hydrogens (primary N) is 1. The number of hydrogen-bond donors (Lipinski definition) is 1. The molecule has 1 aliphatic carbocycles. The van der Waals surface area contributed by atoms with Crippen molar-refractivity contribution in [1.29, 1.82) is 0 Å². The molecule has 0 radical (unpaired) electrons. The Morgan fingerprint density at radius 2 is 2.26 bits per heavy atom. The maximum absolute atomic E-state index is 6.48. The highest BCUT2D eigenvalue weighted by molar-refractivity contribution is 5.06. The molecular weight excluding hydrogens is 242 g/mol. The van der Waals surface area contributed by atoms with Crippen LogP contribution in [0.4, 0.5) is 0 Å². The van der Waals surface area contributed by atoms with E-state index < -0.39 is 5.54 Å². The molecule has 0 amide bonds. The minimum Gasteiger partial charge on any atom is -0.378 e. The highest BCUT2D eigenvalue weighted by Crippen LogP contribution is 2.36. The van der Waals surface area contributed by atoms with Crippen molar-refractivity contribution in [2.45, 2.75) is 63.5 Å². The Balaban J connectivity index is 1.69. The van der Waals surface area contributed by atoms with Crippen LogP contribution in [0.2, 0.25) is 0 Å². The molecule has 0 aromatic carbocycles. The average Bonchev–Trinajstić information content (AvgIpc) is 3.01. The van der Waals surface area contributed by atoms with Gasteiger partial charge in [-0.25, -0.2) is 0 Å². The summed E-state index contributed by atoms with van der Waals surface area (Å²) in [6.07, 6.45) is 7.48. The lowest BCUT2D eigenvalue weighted by atomic mass is 9.76. The Morgan fingerprint density at radius 3 is 3.00 bits per heavy atom. The molecule has 0 spiro atoms. The van der Waals surface area contributed by atoms with Crippen molar-refractivity contribution in [3.63, 3.8) is 0 Å². The summed E-state index contributed by atoms with van der Waals surface area (Å²) in [5.74, 6) is 2.00. The first kappa shape index (κ1) is 13.1. The summed E-state index contributed by atoms with van der Waals surface area (Å²) >= 11 is 0. The van der Waals surface area contributed by atoms with Gasteiger partial charge in [-0.1, -0.05) is 24.9 Å². The van der Waals surface area contributed by atoms with Crippen LogP contribution in [0.1, 0.15) is 57.2 Å². The second-order valence-corrected chi connectivity index (χ2v) is 6.21. The Labute approximate surface area is 113 Å². The summed E-state index contributed by atoms with van der Waals surface area (Å²) in [5.41, 5.74) is 6.08. The monoisotopic (exact) mass is 265 g/mol. The smallest absolute Gasteiger partial charge is 0.229 e. The molecular formula is C14H23N3O2. The zero-order valence-corrected chi connectivity index (χ0v) is 11.6. The van der Waals surface area contributed by atoms with Crippen molar-refractivity contribution in [2.75, 3.05) is 6.61 Å². The van der Waals surface area contributed by atoms with Gasteiger partial charge in [0.2, 0.25) is 5.89 Å². The SMILES string of the molecule is CC1CCCC(N)(c2noc(CC3CCCO3)n2)C1. The first-order valence-corrected chi connectivity index (χ1v) is 7.39. The summed E-state index contributed by atoms with van der Waals surface area (Å²) < 4.78 is 11.0. The van der Waals surface area contributed by atoms with Gasteiger partial charge in [0, 0.05) is 6.61 Å². The lowest BCUT2D eigenvalue weighted by Gasteiger charge is -2.33. The summed E-state index contributed by atoms with van der Waals surface area (Å²) in [5, 5.41) is 4.12. The van der Waals surface area contributed by atoms with Gasteiger partial charge in [-0.05, 0) is 31.6 Å². The highest BCUT2D eigenvalue weighted by atomic mass is 16.5. The van der Waals surface area contributed by atoms with Gasteiger partial charge in [0.25, 0.3) is 0 Å². The highest BCUT2D eigenvalue weighted by Gasteiger charge is 2.37. The van der Waals surface area contributed by atoms with Crippen molar-refractivity contribution in [2.24, 2.45) is 11.7 Å². The quantitative estimate of drug-likeness (QED) is 0.906. The molecule has 0 bridgehead atoms. The lowest BCUT2D eigenvalue weighted by molar-refractivity contribution is 0.104. The number of nitrogens with zero attached hydrogens (tertiary/aromatic N) is 2. The summed E-state index contributed by atoms with van der Waals surface area (Å²) in [6.45, 7) is 3.10. The van der Waals surface area contributed by atoms with Crippen molar-refractivity contribution >= 4 is 0 Å². The Hall–Kier alpha value is -0.940. The molecule has 2 heterocycles. The standard InChI is InChI=1S/C14H23N3O2/c1-10-4-2-6-14(15,9-10)13-16-12(19-17-13)8-11-5-3-7-18-11/h10-11H,2-9,15H2,1H3. The van der Waals surface area contributed by atoms with Crippen LogP contribution in [0.5, 0.6) is 0 Å². The number of hydrogen-bond acceptors (Lipinski definition) is 5. The molecule has 3 atom stereocenters. The van der Waals surface area contributed by atoms with Gasteiger partial charge in [-0.3, -0.25) is 0 Å². The Bertz CT molecular complexity index is 428. The number of rotatable bonds is 3. The molecule has 19 heavy (non-hydrogen) atoms. The molecule has 1 saturated heterocycles. The first-order chi connectivity index (χ1) is 9.16. The van der Waals surface area contributed by atoms with E-state index >= 15 is 0 Å². The van der Waals surface area contributed by atoms with E-state index in [2.05, 4.69) is 17.1 Å². The van der Waals surface area contributed by atoms with Crippen molar-refractivity contribution in [1.82, 2.24) is 10.1 Å². The largest absolute Gasteiger partial charge is 0.378 e. The molecule has 2 N–H and O–H groups in total. The van der Waals surface area contributed by atoms with Crippen LogP contribution in [-0.4, -0.2) is 22.9 Å². The van der Waals surface area contributed by atoms with E-state index in [9.17, 15) is 0 Å². The van der Waals surface area contributed by atoms with Crippen LogP contribution in [0, 0.1) is 5.92 Å². The van der Waals surface area contributed by atoms with Crippen molar-refractivity contribution in [3.05, 3.63) is 11.7 Å². The molecule has 1 aromatic rings. The van der Waals surface area contributed by atoms with E-state index in [1.54, 1.807) is 0 Å². The first-order valence-electron chi connectivity index (χ1n) is 7.39. The van der Waals surface area contributed by atoms with Gasteiger partial charge >= 0.3 is 0 Å². The van der Waals surface area contributed by atoms with E-state index in [0.717, 1.165) is 45.1 Å². The molecule has 1 aliphatic heterocycles. The molecule has 2 fully saturated rings. The van der Waals surface area contributed by atoms with Crippen molar-refractivity contribution < 1.29 is 9.26 Å². The van der Waals surface area contributed by atoms with Crippen LogP contribution in [0.15, 0.2) is 4.52 Å². The van der Waals surface area contributed by atoms with Crippen LogP contribution < -0.4 is 5.73 Å². The average molecular weight is 265 g/mol. The molecule has 1 saturated carbocycles. The number of ether oxygens (including phenoxy) is 1. The van der Waals surface area contributed by atoms with E-state index in [4.69, 9.17) is 15.0 Å². The van der Waals surface area contributed by atoms with Gasteiger partial charge in [-0.2, -0.15) is 4.98 Å². The molecule has 106 valence electrons. The fourth-order valence-electron chi connectivity index (χ4n) is 3.34. The molecule has 3 unspecified atom stereocenters. The summed E-state index contributed by atoms with van der Waals surface area (Å²) in [7, 11) is 0. The third kappa shape index (κ3) is 2.82. The topological polar surface area (TPSA) is 74.2 Å². The van der Waals surface area contributed by atoms with E-state index in [1.807, 2.05) is 0 Å². The van der Waals surface area contributed by atoms with Crippen LogP contribution in [-0.2, 0) is 16.7 Å². The molecule has 3 rings (SSSR count).